The fraction of sp³-hybridized carbons (Fsp3) is 0.263. The number of nitrogens with one attached hydrogen (secondary N) is 1. The molecule has 1 atom stereocenters. The van der Waals surface area contributed by atoms with Crippen molar-refractivity contribution in [2.24, 2.45) is 0 Å². The van der Waals surface area contributed by atoms with Crippen molar-refractivity contribution in [1.29, 1.82) is 0 Å². The van der Waals surface area contributed by atoms with Crippen LogP contribution in [0.3, 0.4) is 0 Å². The molecule has 3 rings (SSSR count). The number of aromatic amines is 1. The Labute approximate surface area is 201 Å². The maximum absolute atomic E-state index is 13.0. The molecule has 0 saturated heterocycles. The molecule has 12 heteroatoms. The number of aliphatic hydroxyl groups excluding tert-OH is 1. The number of ether oxygens (including phenoxy) is 1. The molecule has 31 heavy (non-hydrogen) atoms. The average Bonchev–Trinajstić information content (AvgIpc) is 3.13. The molecule has 1 aliphatic heterocycles. The number of benzene rings is 1. The zero-order valence-corrected chi connectivity index (χ0v) is 19.9. The second-order valence-corrected chi connectivity index (χ2v) is 7.74. The summed E-state index contributed by atoms with van der Waals surface area (Å²) in [5, 5.41) is 9.62. The van der Waals surface area contributed by atoms with Crippen molar-refractivity contribution in [3.63, 3.8) is 0 Å². The predicted molar refractivity (Wildman–Crippen MR) is 105 cm³/mol. The number of fused-ring (bicyclic) bond motifs is 1. The zero-order chi connectivity index (χ0) is 22.1. The minimum atomic E-state index is -4.99. The van der Waals surface area contributed by atoms with Gasteiger partial charge in [0, 0.05) is 17.0 Å². The number of aliphatic hydroxyl groups is 1. The van der Waals surface area contributed by atoms with Gasteiger partial charge in [-0.1, -0.05) is 18.2 Å². The van der Waals surface area contributed by atoms with Crippen LogP contribution in [0.1, 0.15) is 22.5 Å². The van der Waals surface area contributed by atoms with Crippen LogP contribution >= 0.6 is 0 Å². The van der Waals surface area contributed by atoms with E-state index >= 15 is 0 Å². The number of carbonyl (C=O) groups is 2. The second kappa shape index (κ2) is 10.1. The van der Waals surface area contributed by atoms with Gasteiger partial charge in [0.2, 0.25) is 10.4 Å². The molecule has 2 N–H and O–H groups in total. The van der Waals surface area contributed by atoms with Crippen LogP contribution in [0.5, 0.6) is 0 Å². The topological polar surface area (TPSA) is 149 Å². The number of aryl methyl sites for hydroxylation is 2. The van der Waals surface area contributed by atoms with Crippen molar-refractivity contribution in [2.75, 3.05) is 18.1 Å². The van der Waals surface area contributed by atoms with E-state index in [2.05, 4.69) is 9.17 Å². The SMILES string of the molecule is Cc1cc(C)c(C=C2C(=O)N(C(=O)OCC(O)COS(=O)(=O)[O-])c3ccccc32)[nH]1.[Na+]. The summed E-state index contributed by atoms with van der Waals surface area (Å²) in [4.78, 5) is 29.4. The van der Waals surface area contributed by atoms with E-state index in [0.717, 1.165) is 21.9 Å². The Hall–Kier alpha value is -1.99. The minimum absolute atomic E-state index is 0. The van der Waals surface area contributed by atoms with Crippen LogP contribution in [-0.2, 0) is 24.1 Å². The summed E-state index contributed by atoms with van der Waals surface area (Å²) in [5.41, 5.74) is 3.72. The summed E-state index contributed by atoms with van der Waals surface area (Å²) in [6.07, 6.45) is -0.970. The van der Waals surface area contributed by atoms with Crippen molar-refractivity contribution < 1.29 is 66.1 Å². The van der Waals surface area contributed by atoms with Crippen LogP contribution in [0.25, 0.3) is 11.6 Å². The molecule has 1 aliphatic rings. The van der Waals surface area contributed by atoms with Gasteiger partial charge in [0.25, 0.3) is 5.91 Å². The molecule has 10 nitrogen and oxygen atoms in total. The van der Waals surface area contributed by atoms with E-state index in [9.17, 15) is 27.7 Å². The van der Waals surface area contributed by atoms with Gasteiger partial charge in [-0.2, -0.15) is 0 Å². The number of hydrogen-bond acceptors (Lipinski definition) is 8. The summed E-state index contributed by atoms with van der Waals surface area (Å²) in [6, 6.07) is 8.58. The van der Waals surface area contributed by atoms with Gasteiger partial charge in [-0.15, -0.1) is 0 Å². The average molecular weight is 458 g/mol. The summed E-state index contributed by atoms with van der Waals surface area (Å²) < 4.78 is 40.1. The summed E-state index contributed by atoms with van der Waals surface area (Å²) >= 11 is 0. The van der Waals surface area contributed by atoms with Crippen LogP contribution in [0.15, 0.2) is 30.3 Å². The van der Waals surface area contributed by atoms with E-state index in [0.29, 0.717) is 11.3 Å². The Bertz CT molecular complexity index is 1130. The van der Waals surface area contributed by atoms with Crippen LogP contribution in [-0.4, -0.2) is 54.4 Å². The number of anilines is 1. The molecular weight excluding hydrogens is 439 g/mol. The third-order valence-corrected chi connectivity index (χ3v) is 4.76. The zero-order valence-electron chi connectivity index (χ0n) is 17.1. The first kappa shape index (κ1) is 25.3. The van der Waals surface area contributed by atoms with Gasteiger partial charge in [-0.3, -0.25) is 8.98 Å². The Balaban J connectivity index is 0.00000341. The van der Waals surface area contributed by atoms with Crippen LogP contribution in [0.4, 0.5) is 10.5 Å². The van der Waals surface area contributed by atoms with E-state index in [1.165, 1.54) is 0 Å². The van der Waals surface area contributed by atoms with Gasteiger partial charge < -0.3 is 19.4 Å². The van der Waals surface area contributed by atoms with E-state index in [-0.39, 0.29) is 35.1 Å². The first-order valence-electron chi connectivity index (χ1n) is 8.83. The normalized spacial score (nSPS) is 15.5. The summed E-state index contributed by atoms with van der Waals surface area (Å²) in [5.74, 6) is -0.610. The van der Waals surface area contributed by atoms with Crippen LogP contribution in [0.2, 0.25) is 0 Å². The van der Waals surface area contributed by atoms with Gasteiger partial charge in [0.15, 0.2) is 0 Å². The monoisotopic (exact) mass is 458 g/mol. The molecule has 1 unspecified atom stereocenters. The number of carbonyl (C=O) groups excluding carboxylic acids is 2. The van der Waals surface area contributed by atoms with Gasteiger partial charge >= 0.3 is 35.7 Å². The number of imide groups is 1. The molecule has 0 saturated carbocycles. The maximum atomic E-state index is 13.0. The third kappa shape index (κ3) is 6.04. The predicted octanol–water partition coefficient (Wildman–Crippen LogP) is -1.50. The van der Waals surface area contributed by atoms with Gasteiger partial charge in [0.1, 0.15) is 12.7 Å². The maximum Gasteiger partial charge on any atom is 1.00 e. The van der Waals surface area contributed by atoms with Gasteiger partial charge in [-0.05, 0) is 37.6 Å². The molecule has 0 bridgehead atoms. The number of aromatic nitrogens is 1. The number of nitrogens with zero attached hydrogens (tertiary/aromatic N) is 1. The molecule has 1 aromatic heterocycles. The smallest absolute Gasteiger partial charge is 0.726 e. The molecule has 0 aliphatic carbocycles. The number of hydrogen-bond donors (Lipinski definition) is 2. The number of rotatable bonds is 6. The Morgan fingerprint density at radius 3 is 2.58 bits per heavy atom. The van der Waals surface area contributed by atoms with E-state index < -0.39 is 41.7 Å². The Kier molecular flexibility index (Phi) is 8.22. The molecule has 2 amide bonds. The standard InChI is InChI=1S/C19H20N2O8S.Na/c1-11-7-12(2)20-16(11)8-15-14-5-3-4-6-17(14)21(18(15)23)19(24)28-9-13(22)10-29-30(25,26)27;/h3-8,13,20,22H,9-10H2,1-2H3,(H,25,26,27);/q;+1/p-1. The fourth-order valence-corrected chi connectivity index (χ4v) is 3.37. The first-order chi connectivity index (χ1) is 14.1. The fourth-order valence-electron chi connectivity index (χ4n) is 3.05. The van der Waals surface area contributed by atoms with E-state index in [1.54, 1.807) is 30.3 Å². The summed E-state index contributed by atoms with van der Waals surface area (Å²) in [7, 11) is -4.99. The van der Waals surface area contributed by atoms with E-state index in [4.69, 9.17) is 4.74 Å². The molecule has 2 aromatic rings. The molecule has 2 heterocycles. The Morgan fingerprint density at radius 2 is 1.97 bits per heavy atom. The molecule has 160 valence electrons. The third-order valence-electron chi connectivity index (χ3n) is 4.33. The number of para-hydroxylation sites is 1. The van der Waals surface area contributed by atoms with Gasteiger partial charge in [0.05, 0.1) is 17.9 Å². The molecule has 0 spiro atoms. The van der Waals surface area contributed by atoms with Crippen molar-refractivity contribution in [2.45, 2.75) is 20.0 Å². The van der Waals surface area contributed by atoms with Crippen molar-refractivity contribution >= 4 is 39.7 Å². The number of H-pyrrole nitrogens is 1. The Morgan fingerprint density at radius 1 is 1.29 bits per heavy atom. The molecule has 1 aromatic carbocycles. The molecular formula is C19H19N2NaO8S. The summed E-state index contributed by atoms with van der Waals surface area (Å²) in [6.45, 7) is 2.23. The number of amides is 2. The molecule has 0 radical (unpaired) electrons. The largest absolute Gasteiger partial charge is 1.00 e. The van der Waals surface area contributed by atoms with Crippen molar-refractivity contribution in [3.05, 3.63) is 52.8 Å². The molecule has 0 fully saturated rings. The quantitative estimate of drug-likeness (QED) is 0.230. The first-order valence-corrected chi connectivity index (χ1v) is 10.2. The second-order valence-electron chi connectivity index (χ2n) is 6.69. The van der Waals surface area contributed by atoms with Crippen molar-refractivity contribution in [1.82, 2.24) is 4.98 Å². The van der Waals surface area contributed by atoms with Gasteiger partial charge in [-0.25, -0.2) is 18.1 Å². The van der Waals surface area contributed by atoms with Crippen LogP contribution < -0.4 is 34.5 Å². The van der Waals surface area contributed by atoms with E-state index in [1.807, 2.05) is 19.9 Å². The van der Waals surface area contributed by atoms with Crippen LogP contribution in [0, 0.1) is 13.8 Å². The van der Waals surface area contributed by atoms with Crippen molar-refractivity contribution in [3.8, 4) is 0 Å². The minimum Gasteiger partial charge on any atom is -0.726 e.